The van der Waals surface area contributed by atoms with E-state index in [1.165, 1.54) is 4.90 Å². The molecule has 6 heteroatoms. The molecule has 2 N–H and O–H groups in total. The number of hydrogen-bond acceptors (Lipinski definition) is 3. The zero-order chi connectivity index (χ0) is 12.0. The predicted molar refractivity (Wildman–Crippen MR) is 61.2 cm³/mol. The summed E-state index contributed by atoms with van der Waals surface area (Å²) in [4.78, 5) is 26.4. The zero-order valence-electron chi connectivity index (χ0n) is 9.95. The van der Waals surface area contributed by atoms with Gasteiger partial charge in [0.25, 0.3) is 0 Å². The summed E-state index contributed by atoms with van der Waals surface area (Å²) < 4.78 is 0. The van der Waals surface area contributed by atoms with Crippen molar-refractivity contribution >= 4 is 11.9 Å². The number of rotatable bonds is 3. The smallest absolute Gasteiger partial charge is 0.320 e. The van der Waals surface area contributed by atoms with Gasteiger partial charge in [0.05, 0.1) is 0 Å². The summed E-state index contributed by atoms with van der Waals surface area (Å²) in [5, 5.41) is 5.85. The van der Waals surface area contributed by atoms with Crippen LogP contribution in [0.5, 0.6) is 0 Å². The van der Waals surface area contributed by atoms with E-state index in [0.29, 0.717) is 19.6 Å². The van der Waals surface area contributed by atoms with E-state index in [2.05, 4.69) is 10.6 Å². The van der Waals surface area contributed by atoms with Crippen molar-refractivity contribution < 1.29 is 9.59 Å². The number of urea groups is 1. The first-order valence-electron chi connectivity index (χ1n) is 5.62. The van der Waals surface area contributed by atoms with Gasteiger partial charge in [-0.15, -0.1) is 0 Å². The van der Waals surface area contributed by atoms with Crippen LogP contribution in [0.2, 0.25) is 0 Å². The first-order valence-corrected chi connectivity index (χ1v) is 5.62. The van der Waals surface area contributed by atoms with Gasteiger partial charge in [0.1, 0.15) is 6.54 Å². The van der Waals surface area contributed by atoms with Gasteiger partial charge in [-0.1, -0.05) is 0 Å². The van der Waals surface area contributed by atoms with E-state index in [0.717, 1.165) is 13.1 Å². The highest BCUT2D eigenvalue weighted by Crippen LogP contribution is 1.98. The minimum atomic E-state index is -0.117. The minimum absolute atomic E-state index is 0.0762. The quantitative estimate of drug-likeness (QED) is 0.656. The van der Waals surface area contributed by atoms with Crippen LogP contribution in [0.4, 0.5) is 4.79 Å². The Morgan fingerprint density at radius 2 is 2.00 bits per heavy atom. The van der Waals surface area contributed by atoms with Gasteiger partial charge in [0, 0.05) is 39.8 Å². The molecule has 16 heavy (non-hydrogen) atoms. The van der Waals surface area contributed by atoms with Gasteiger partial charge in [-0.3, -0.25) is 4.79 Å². The SMILES string of the molecule is CCNC(=O)CN(C)C(=O)N1CCNCC1. The average molecular weight is 228 g/mol. The second-order valence-electron chi connectivity index (χ2n) is 3.83. The first-order chi connectivity index (χ1) is 7.65. The molecule has 3 amide bonds. The molecule has 0 bridgehead atoms. The molecule has 0 atom stereocenters. The van der Waals surface area contributed by atoms with E-state index in [4.69, 9.17) is 0 Å². The van der Waals surface area contributed by atoms with Crippen molar-refractivity contribution in [2.24, 2.45) is 0 Å². The number of nitrogens with zero attached hydrogens (tertiary/aromatic N) is 2. The molecular weight excluding hydrogens is 208 g/mol. The minimum Gasteiger partial charge on any atom is -0.355 e. The van der Waals surface area contributed by atoms with Gasteiger partial charge in [0.2, 0.25) is 5.91 Å². The van der Waals surface area contributed by atoms with Crippen molar-refractivity contribution in [1.82, 2.24) is 20.4 Å². The number of hydrogen-bond donors (Lipinski definition) is 2. The van der Waals surface area contributed by atoms with Gasteiger partial charge >= 0.3 is 6.03 Å². The van der Waals surface area contributed by atoms with Gasteiger partial charge in [-0.2, -0.15) is 0 Å². The van der Waals surface area contributed by atoms with Crippen LogP contribution in [0.3, 0.4) is 0 Å². The van der Waals surface area contributed by atoms with Crippen LogP contribution in [0.25, 0.3) is 0 Å². The Kier molecular flexibility index (Phi) is 5.04. The highest BCUT2D eigenvalue weighted by molar-refractivity contribution is 5.83. The van der Waals surface area contributed by atoms with Gasteiger partial charge in [-0.25, -0.2) is 4.79 Å². The molecular formula is C10H20N4O2. The molecule has 92 valence electrons. The monoisotopic (exact) mass is 228 g/mol. The molecule has 1 aliphatic rings. The largest absolute Gasteiger partial charge is 0.355 e. The highest BCUT2D eigenvalue weighted by atomic mass is 16.2. The number of likely N-dealkylation sites (N-methyl/N-ethyl adjacent to an activating group) is 2. The number of nitrogens with one attached hydrogen (secondary N) is 2. The third-order valence-corrected chi connectivity index (χ3v) is 2.47. The zero-order valence-corrected chi connectivity index (χ0v) is 9.95. The van der Waals surface area contributed by atoms with Crippen LogP contribution in [0.1, 0.15) is 6.92 Å². The van der Waals surface area contributed by atoms with Crippen molar-refractivity contribution in [3.8, 4) is 0 Å². The van der Waals surface area contributed by atoms with Crippen molar-refractivity contribution in [1.29, 1.82) is 0 Å². The molecule has 1 aliphatic heterocycles. The number of amides is 3. The maximum absolute atomic E-state index is 11.9. The third-order valence-electron chi connectivity index (χ3n) is 2.47. The summed E-state index contributed by atoms with van der Waals surface area (Å²) >= 11 is 0. The van der Waals surface area contributed by atoms with Crippen LogP contribution in [0.15, 0.2) is 0 Å². The Morgan fingerprint density at radius 3 is 2.56 bits per heavy atom. The van der Waals surface area contributed by atoms with Crippen molar-refractivity contribution in [3.05, 3.63) is 0 Å². The molecule has 1 saturated heterocycles. The fourth-order valence-corrected chi connectivity index (χ4v) is 1.63. The molecule has 0 aromatic carbocycles. The van der Waals surface area contributed by atoms with Crippen LogP contribution in [-0.2, 0) is 4.79 Å². The molecule has 1 rings (SSSR count). The highest BCUT2D eigenvalue weighted by Gasteiger charge is 2.20. The predicted octanol–water partition coefficient (Wildman–Crippen LogP) is -0.920. The van der Waals surface area contributed by atoms with Gasteiger partial charge < -0.3 is 20.4 Å². The number of carbonyl (C=O) groups excluding carboxylic acids is 2. The molecule has 0 aliphatic carbocycles. The standard InChI is InChI=1S/C10H20N4O2/c1-3-12-9(15)8-13(2)10(16)14-6-4-11-5-7-14/h11H,3-8H2,1-2H3,(H,12,15). The fraction of sp³-hybridized carbons (Fsp3) is 0.800. The van der Waals surface area contributed by atoms with Gasteiger partial charge in [-0.05, 0) is 6.92 Å². The average Bonchev–Trinajstić information content (AvgIpc) is 2.29. The van der Waals surface area contributed by atoms with E-state index in [1.54, 1.807) is 11.9 Å². The maximum atomic E-state index is 11.9. The van der Waals surface area contributed by atoms with E-state index < -0.39 is 0 Å². The lowest BCUT2D eigenvalue weighted by molar-refractivity contribution is -0.121. The van der Waals surface area contributed by atoms with E-state index in [-0.39, 0.29) is 18.5 Å². The van der Waals surface area contributed by atoms with Crippen LogP contribution in [-0.4, -0.2) is 68.1 Å². The lowest BCUT2D eigenvalue weighted by Gasteiger charge is -2.31. The fourth-order valence-electron chi connectivity index (χ4n) is 1.63. The lowest BCUT2D eigenvalue weighted by Crippen LogP contribution is -2.52. The molecule has 0 radical (unpaired) electrons. The Balaban J connectivity index is 2.37. The molecule has 0 aromatic heterocycles. The summed E-state index contributed by atoms with van der Waals surface area (Å²) in [6.45, 7) is 5.62. The molecule has 0 saturated carbocycles. The third kappa shape index (κ3) is 3.69. The van der Waals surface area contributed by atoms with E-state index in [9.17, 15) is 9.59 Å². The topological polar surface area (TPSA) is 64.7 Å². The molecule has 1 heterocycles. The van der Waals surface area contributed by atoms with Crippen molar-refractivity contribution in [2.75, 3.05) is 46.3 Å². The summed E-state index contributed by atoms with van der Waals surface area (Å²) in [6, 6.07) is -0.0762. The molecule has 1 fully saturated rings. The summed E-state index contributed by atoms with van der Waals surface area (Å²) in [7, 11) is 1.65. The Morgan fingerprint density at radius 1 is 1.38 bits per heavy atom. The maximum Gasteiger partial charge on any atom is 0.320 e. The van der Waals surface area contributed by atoms with Crippen molar-refractivity contribution in [2.45, 2.75) is 6.92 Å². The number of piperazine rings is 1. The normalized spacial score (nSPS) is 15.8. The van der Waals surface area contributed by atoms with Crippen LogP contribution < -0.4 is 10.6 Å². The number of carbonyl (C=O) groups is 2. The second kappa shape index (κ2) is 6.32. The summed E-state index contributed by atoms with van der Waals surface area (Å²) in [5.74, 6) is -0.117. The van der Waals surface area contributed by atoms with E-state index in [1.807, 2.05) is 6.92 Å². The molecule has 6 nitrogen and oxygen atoms in total. The summed E-state index contributed by atoms with van der Waals surface area (Å²) in [5.41, 5.74) is 0. The second-order valence-corrected chi connectivity index (χ2v) is 3.83. The Bertz CT molecular complexity index is 251. The molecule has 0 unspecified atom stereocenters. The molecule has 0 aromatic rings. The first kappa shape index (κ1) is 12.8. The van der Waals surface area contributed by atoms with Gasteiger partial charge in [0.15, 0.2) is 0 Å². The summed E-state index contributed by atoms with van der Waals surface area (Å²) in [6.07, 6.45) is 0. The van der Waals surface area contributed by atoms with Crippen LogP contribution >= 0.6 is 0 Å². The van der Waals surface area contributed by atoms with Crippen LogP contribution in [0, 0.1) is 0 Å². The molecule has 0 spiro atoms. The van der Waals surface area contributed by atoms with Crippen molar-refractivity contribution in [3.63, 3.8) is 0 Å². The lowest BCUT2D eigenvalue weighted by atomic mass is 10.4. The Hall–Kier alpha value is -1.30. The van der Waals surface area contributed by atoms with E-state index >= 15 is 0 Å². The Labute approximate surface area is 96.0 Å².